The average molecular weight is 291 g/mol. The fourth-order valence-corrected chi connectivity index (χ4v) is 1.63. The molecule has 1 heterocycles. The van der Waals surface area contributed by atoms with Gasteiger partial charge in [-0.25, -0.2) is 4.68 Å². The molecule has 1 aromatic heterocycles. The number of ether oxygens (including phenoxy) is 2. The molecular weight excluding hydrogens is 274 g/mol. The van der Waals surface area contributed by atoms with Crippen LogP contribution >= 0.6 is 0 Å². The van der Waals surface area contributed by atoms with Crippen LogP contribution in [-0.2, 0) is 9.53 Å². The summed E-state index contributed by atoms with van der Waals surface area (Å²) < 4.78 is 12.0. The first-order valence-electron chi connectivity index (χ1n) is 6.47. The molecule has 1 aromatic carbocycles. The Kier molecular flexibility index (Phi) is 5.22. The van der Waals surface area contributed by atoms with Gasteiger partial charge in [0.2, 0.25) is 0 Å². The van der Waals surface area contributed by atoms with Gasteiger partial charge < -0.3 is 14.8 Å². The van der Waals surface area contributed by atoms with E-state index >= 15 is 0 Å². The third kappa shape index (κ3) is 4.25. The second kappa shape index (κ2) is 7.34. The van der Waals surface area contributed by atoms with Gasteiger partial charge in [-0.2, -0.15) is 0 Å². The second-order valence-electron chi connectivity index (χ2n) is 4.29. The van der Waals surface area contributed by atoms with Gasteiger partial charge in [-0.15, -0.1) is 5.10 Å². The molecule has 0 unspecified atom stereocenters. The zero-order chi connectivity index (χ0) is 15.1. The largest absolute Gasteiger partial charge is 0.481 e. The number of rotatable bonds is 7. The SMILES string of the molecule is COCCNC(=O)[C@H](C)Oc1ccc(-n2cnnn2)cc1. The topological polar surface area (TPSA) is 91.2 Å². The smallest absolute Gasteiger partial charge is 0.260 e. The minimum Gasteiger partial charge on any atom is -0.481 e. The molecule has 0 fully saturated rings. The number of methoxy groups -OCH3 is 1. The van der Waals surface area contributed by atoms with Crippen molar-refractivity contribution in [1.82, 2.24) is 25.5 Å². The van der Waals surface area contributed by atoms with Gasteiger partial charge in [0.05, 0.1) is 12.3 Å². The Morgan fingerprint density at radius 3 is 2.76 bits per heavy atom. The van der Waals surface area contributed by atoms with Gasteiger partial charge in [0, 0.05) is 13.7 Å². The van der Waals surface area contributed by atoms with E-state index < -0.39 is 6.10 Å². The number of amides is 1. The first kappa shape index (κ1) is 14.9. The first-order valence-corrected chi connectivity index (χ1v) is 6.47. The molecule has 0 aliphatic heterocycles. The highest BCUT2D eigenvalue weighted by Crippen LogP contribution is 2.15. The van der Waals surface area contributed by atoms with Gasteiger partial charge in [0.15, 0.2) is 6.10 Å². The second-order valence-corrected chi connectivity index (χ2v) is 4.29. The Bertz CT molecular complexity index is 556. The molecule has 0 aliphatic carbocycles. The number of nitrogens with one attached hydrogen (secondary N) is 1. The lowest BCUT2D eigenvalue weighted by Gasteiger charge is -2.14. The third-order valence-electron chi connectivity index (χ3n) is 2.74. The lowest BCUT2D eigenvalue weighted by molar-refractivity contribution is -0.127. The molecular formula is C13H17N5O3. The zero-order valence-corrected chi connectivity index (χ0v) is 11.9. The summed E-state index contributed by atoms with van der Waals surface area (Å²) in [5.74, 6) is 0.415. The summed E-state index contributed by atoms with van der Waals surface area (Å²) in [7, 11) is 1.58. The van der Waals surface area contributed by atoms with E-state index in [4.69, 9.17) is 9.47 Å². The number of carbonyl (C=O) groups excluding carboxylic acids is 1. The number of nitrogens with zero attached hydrogens (tertiary/aromatic N) is 4. The van der Waals surface area contributed by atoms with Crippen molar-refractivity contribution < 1.29 is 14.3 Å². The summed E-state index contributed by atoms with van der Waals surface area (Å²) in [6.07, 6.45) is 0.919. The van der Waals surface area contributed by atoms with Crippen molar-refractivity contribution in [2.24, 2.45) is 0 Å². The van der Waals surface area contributed by atoms with Crippen molar-refractivity contribution in [3.63, 3.8) is 0 Å². The van der Waals surface area contributed by atoms with Gasteiger partial charge in [-0.3, -0.25) is 4.79 Å². The number of benzene rings is 1. The van der Waals surface area contributed by atoms with Crippen molar-refractivity contribution in [2.45, 2.75) is 13.0 Å². The van der Waals surface area contributed by atoms with Crippen molar-refractivity contribution in [1.29, 1.82) is 0 Å². The van der Waals surface area contributed by atoms with Crippen LogP contribution in [0.4, 0.5) is 0 Å². The fraction of sp³-hybridized carbons (Fsp3) is 0.385. The van der Waals surface area contributed by atoms with Gasteiger partial charge >= 0.3 is 0 Å². The summed E-state index contributed by atoms with van der Waals surface area (Å²) >= 11 is 0. The molecule has 0 spiro atoms. The lowest BCUT2D eigenvalue weighted by Crippen LogP contribution is -2.37. The van der Waals surface area contributed by atoms with Crippen LogP contribution in [0.15, 0.2) is 30.6 Å². The monoisotopic (exact) mass is 291 g/mol. The van der Waals surface area contributed by atoms with Crippen molar-refractivity contribution in [2.75, 3.05) is 20.3 Å². The molecule has 0 aliphatic rings. The highest BCUT2D eigenvalue weighted by atomic mass is 16.5. The normalized spacial score (nSPS) is 11.9. The van der Waals surface area contributed by atoms with Gasteiger partial charge in [0.1, 0.15) is 12.1 Å². The predicted octanol–water partition coefficient (Wildman–Crippen LogP) is 0.192. The minimum atomic E-state index is -0.583. The predicted molar refractivity (Wildman–Crippen MR) is 74.1 cm³/mol. The van der Waals surface area contributed by atoms with Crippen LogP contribution in [0, 0.1) is 0 Å². The van der Waals surface area contributed by atoms with Gasteiger partial charge in [0.25, 0.3) is 5.91 Å². The zero-order valence-electron chi connectivity index (χ0n) is 11.9. The molecule has 0 saturated heterocycles. The van der Waals surface area contributed by atoms with E-state index in [0.717, 1.165) is 5.69 Å². The van der Waals surface area contributed by atoms with Crippen LogP contribution in [0.5, 0.6) is 5.75 Å². The van der Waals surface area contributed by atoms with E-state index in [0.29, 0.717) is 18.9 Å². The lowest BCUT2D eigenvalue weighted by atomic mass is 10.3. The van der Waals surface area contributed by atoms with Gasteiger partial charge in [-0.05, 0) is 41.6 Å². The molecule has 1 atom stereocenters. The Balaban J connectivity index is 1.89. The van der Waals surface area contributed by atoms with E-state index in [-0.39, 0.29) is 5.91 Å². The molecule has 8 heteroatoms. The molecule has 8 nitrogen and oxygen atoms in total. The third-order valence-corrected chi connectivity index (χ3v) is 2.74. The summed E-state index contributed by atoms with van der Waals surface area (Å²) in [6, 6.07) is 7.13. The van der Waals surface area contributed by atoms with E-state index in [1.807, 2.05) is 0 Å². The Labute approximate surface area is 122 Å². The van der Waals surface area contributed by atoms with Crippen LogP contribution in [-0.4, -0.2) is 52.5 Å². The van der Waals surface area contributed by atoms with E-state index in [1.54, 1.807) is 38.3 Å². The van der Waals surface area contributed by atoms with Crippen molar-refractivity contribution in [3.8, 4) is 11.4 Å². The van der Waals surface area contributed by atoms with Crippen molar-refractivity contribution in [3.05, 3.63) is 30.6 Å². The van der Waals surface area contributed by atoms with Crippen LogP contribution in [0.3, 0.4) is 0 Å². The summed E-state index contributed by atoms with van der Waals surface area (Å²) in [4.78, 5) is 11.8. The number of aromatic nitrogens is 4. The van der Waals surface area contributed by atoms with Crippen LogP contribution < -0.4 is 10.1 Å². The van der Waals surface area contributed by atoms with Gasteiger partial charge in [-0.1, -0.05) is 0 Å². The Hall–Kier alpha value is -2.48. The molecule has 2 aromatic rings. The number of tetrazole rings is 1. The van der Waals surface area contributed by atoms with E-state index in [2.05, 4.69) is 20.8 Å². The fourth-order valence-electron chi connectivity index (χ4n) is 1.63. The maximum Gasteiger partial charge on any atom is 0.260 e. The quantitative estimate of drug-likeness (QED) is 0.732. The average Bonchev–Trinajstić information content (AvgIpc) is 3.02. The minimum absolute atomic E-state index is 0.184. The number of hydrogen-bond acceptors (Lipinski definition) is 6. The van der Waals surface area contributed by atoms with Crippen molar-refractivity contribution >= 4 is 5.91 Å². The van der Waals surface area contributed by atoms with Crippen LogP contribution in [0.2, 0.25) is 0 Å². The molecule has 112 valence electrons. The summed E-state index contributed by atoms with van der Waals surface area (Å²) in [6.45, 7) is 2.62. The highest BCUT2D eigenvalue weighted by molar-refractivity contribution is 5.80. The first-order chi connectivity index (χ1) is 10.2. The molecule has 0 bridgehead atoms. The van der Waals surface area contributed by atoms with Crippen LogP contribution in [0.1, 0.15) is 6.92 Å². The number of carbonyl (C=O) groups is 1. The highest BCUT2D eigenvalue weighted by Gasteiger charge is 2.13. The summed E-state index contributed by atoms with van der Waals surface area (Å²) in [5.41, 5.74) is 0.810. The maximum absolute atomic E-state index is 11.8. The van der Waals surface area contributed by atoms with E-state index in [1.165, 1.54) is 11.0 Å². The molecule has 21 heavy (non-hydrogen) atoms. The molecule has 0 saturated carbocycles. The van der Waals surface area contributed by atoms with Crippen LogP contribution in [0.25, 0.3) is 5.69 Å². The molecule has 1 amide bonds. The maximum atomic E-state index is 11.8. The Morgan fingerprint density at radius 1 is 1.38 bits per heavy atom. The molecule has 1 N–H and O–H groups in total. The standard InChI is InChI=1S/C13H17N5O3/c1-10(13(19)14-7-8-20-2)21-12-5-3-11(4-6-12)18-9-15-16-17-18/h3-6,9-10H,7-8H2,1-2H3,(H,14,19)/t10-/m0/s1. The van der Waals surface area contributed by atoms with E-state index in [9.17, 15) is 4.79 Å². The molecule has 2 rings (SSSR count). The number of hydrogen-bond donors (Lipinski definition) is 1. The molecule has 0 radical (unpaired) electrons. The summed E-state index contributed by atoms with van der Waals surface area (Å²) in [5, 5.41) is 13.6. The Morgan fingerprint density at radius 2 is 2.14 bits per heavy atom.